The van der Waals surface area contributed by atoms with Gasteiger partial charge in [0.2, 0.25) is 5.91 Å². The number of rotatable bonds is 11. The number of nitrogens with two attached hydrogens (primary N) is 1. The number of hydrogen-bond donors (Lipinski definition) is 2. The van der Waals surface area contributed by atoms with Crippen LogP contribution >= 0.6 is 0 Å². The summed E-state index contributed by atoms with van der Waals surface area (Å²) in [6.07, 6.45) is 2.85. The molecule has 1 aromatic carbocycles. The van der Waals surface area contributed by atoms with Crippen LogP contribution in [-0.4, -0.2) is 63.8 Å². The Hall–Kier alpha value is -2.82. The largest absolute Gasteiger partial charge is 0.368 e. The van der Waals surface area contributed by atoms with Crippen LogP contribution in [0.4, 0.5) is 5.69 Å². The molecule has 1 aliphatic rings. The molecular weight excluding hydrogens is 400 g/mol. The van der Waals surface area contributed by atoms with E-state index in [0.29, 0.717) is 32.0 Å². The average Bonchev–Trinajstić information content (AvgIpc) is 3.38. The Morgan fingerprint density at radius 1 is 1.29 bits per heavy atom. The second-order valence-corrected chi connectivity index (χ2v) is 7.35. The number of ether oxygens (including phenoxy) is 2. The van der Waals surface area contributed by atoms with Crippen LogP contribution in [-0.2, 0) is 27.4 Å². The van der Waals surface area contributed by atoms with Gasteiger partial charge in [0.1, 0.15) is 0 Å². The summed E-state index contributed by atoms with van der Waals surface area (Å²) >= 11 is 0. The molecule has 1 aliphatic heterocycles. The predicted molar refractivity (Wildman–Crippen MR) is 114 cm³/mol. The van der Waals surface area contributed by atoms with Crippen LogP contribution in [0, 0.1) is 0 Å². The second kappa shape index (κ2) is 11.0. The molecule has 2 amide bonds. The Balaban J connectivity index is 1.60. The molecule has 1 fully saturated rings. The van der Waals surface area contributed by atoms with Crippen LogP contribution in [0.25, 0.3) is 0 Å². The van der Waals surface area contributed by atoms with E-state index in [9.17, 15) is 9.59 Å². The van der Waals surface area contributed by atoms with Gasteiger partial charge in [0, 0.05) is 25.4 Å². The Kier molecular flexibility index (Phi) is 8.10. The molecule has 1 saturated heterocycles. The normalized spacial score (nSPS) is 16.7. The van der Waals surface area contributed by atoms with Gasteiger partial charge in [-0.15, -0.1) is 5.10 Å². The highest BCUT2D eigenvalue weighted by Gasteiger charge is 2.28. The van der Waals surface area contributed by atoms with E-state index in [1.807, 2.05) is 38.1 Å². The van der Waals surface area contributed by atoms with Crippen molar-refractivity contribution in [2.45, 2.75) is 52.1 Å². The smallest absolute Gasteiger partial charge is 0.277 e. The number of likely N-dealkylation sites (tertiary alicyclic amines) is 1. The van der Waals surface area contributed by atoms with Gasteiger partial charge in [0.25, 0.3) is 5.91 Å². The summed E-state index contributed by atoms with van der Waals surface area (Å²) in [4.78, 5) is 26.3. The molecule has 31 heavy (non-hydrogen) atoms. The van der Waals surface area contributed by atoms with Crippen molar-refractivity contribution in [3.05, 3.63) is 41.7 Å². The molecule has 3 N–H and O–H groups in total. The van der Waals surface area contributed by atoms with Gasteiger partial charge in [-0.2, -0.15) is 0 Å². The second-order valence-electron chi connectivity index (χ2n) is 7.35. The first kappa shape index (κ1) is 22.9. The molecule has 10 nitrogen and oxygen atoms in total. The van der Waals surface area contributed by atoms with Crippen LogP contribution in [0.15, 0.2) is 30.5 Å². The highest BCUT2D eigenvalue weighted by molar-refractivity contribution is 6.02. The molecule has 168 valence electrons. The molecule has 1 unspecified atom stereocenters. The van der Waals surface area contributed by atoms with Gasteiger partial charge in [-0.1, -0.05) is 17.3 Å². The number of anilines is 1. The minimum Gasteiger partial charge on any atom is -0.368 e. The van der Waals surface area contributed by atoms with Crippen LogP contribution in [0.2, 0.25) is 0 Å². The molecule has 2 heterocycles. The third-order valence-corrected chi connectivity index (χ3v) is 5.08. The Morgan fingerprint density at radius 3 is 2.77 bits per heavy atom. The minimum absolute atomic E-state index is 0.200. The van der Waals surface area contributed by atoms with Crippen molar-refractivity contribution in [3.63, 3.8) is 0 Å². The minimum atomic E-state index is -0.445. The highest BCUT2D eigenvalue weighted by atomic mass is 16.7. The Morgan fingerprint density at radius 2 is 2.06 bits per heavy atom. The molecule has 1 atom stereocenters. The van der Waals surface area contributed by atoms with Gasteiger partial charge in [-0.25, -0.2) is 4.68 Å². The fraction of sp³-hybridized carbons (Fsp3) is 0.524. The zero-order valence-corrected chi connectivity index (χ0v) is 18.0. The van der Waals surface area contributed by atoms with Gasteiger partial charge in [0.05, 0.1) is 18.8 Å². The number of primary amides is 1. The lowest BCUT2D eigenvalue weighted by Crippen LogP contribution is -2.39. The van der Waals surface area contributed by atoms with Gasteiger partial charge in [-0.05, 0) is 50.9 Å². The molecule has 10 heteroatoms. The number of amides is 2. The van der Waals surface area contributed by atoms with Gasteiger partial charge >= 0.3 is 0 Å². The third kappa shape index (κ3) is 6.33. The quantitative estimate of drug-likeness (QED) is 0.516. The van der Waals surface area contributed by atoms with Crippen LogP contribution in [0.1, 0.15) is 42.7 Å². The number of benzene rings is 1. The molecule has 0 spiro atoms. The lowest BCUT2D eigenvalue weighted by molar-refractivity contribution is -0.145. The Labute approximate surface area is 181 Å². The molecule has 2 aromatic rings. The first-order valence-corrected chi connectivity index (χ1v) is 10.6. The number of hydrogen-bond acceptors (Lipinski definition) is 7. The maximum atomic E-state index is 12.6. The average molecular weight is 431 g/mol. The first-order valence-electron chi connectivity index (χ1n) is 10.6. The monoisotopic (exact) mass is 430 g/mol. The van der Waals surface area contributed by atoms with E-state index in [1.165, 1.54) is 4.68 Å². The summed E-state index contributed by atoms with van der Waals surface area (Å²) in [6, 6.07) is 7.29. The molecule has 1 aromatic heterocycles. The number of nitrogens with one attached hydrogen (secondary N) is 1. The topological polar surface area (TPSA) is 125 Å². The van der Waals surface area contributed by atoms with Gasteiger partial charge in [-0.3, -0.25) is 14.5 Å². The first-order chi connectivity index (χ1) is 15.0. The van der Waals surface area contributed by atoms with Crippen molar-refractivity contribution >= 4 is 17.5 Å². The molecule has 0 aliphatic carbocycles. The number of nitrogens with zero attached hydrogens (tertiary/aromatic N) is 4. The Bertz CT molecular complexity index is 880. The van der Waals surface area contributed by atoms with Crippen LogP contribution < -0.4 is 11.1 Å². The van der Waals surface area contributed by atoms with Crippen molar-refractivity contribution < 1.29 is 19.1 Å². The van der Waals surface area contributed by atoms with E-state index in [4.69, 9.17) is 15.2 Å². The van der Waals surface area contributed by atoms with Gasteiger partial charge in [0.15, 0.2) is 12.0 Å². The van der Waals surface area contributed by atoms with Crippen LogP contribution in [0.5, 0.6) is 0 Å². The third-order valence-electron chi connectivity index (χ3n) is 5.08. The predicted octanol–water partition coefficient (Wildman–Crippen LogP) is 1.38. The highest BCUT2D eigenvalue weighted by Crippen LogP contribution is 2.21. The number of aromatic nitrogens is 3. The zero-order valence-electron chi connectivity index (χ0n) is 18.0. The standard InChI is InChI=1S/C21H30N6O4/c1-3-30-19(31-4-2)14-27-13-17(24-25-27)21(29)23-16-8-5-7-15(11-16)12-26-10-6-9-18(26)20(22)28/h5,7-8,11,13,18-19H,3-4,6,9-10,12,14H2,1-2H3,(H2,22,28)(H,23,29). The van der Waals surface area contributed by atoms with Gasteiger partial charge < -0.3 is 20.5 Å². The van der Waals surface area contributed by atoms with Crippen molar-refractivity contribution in [1.82, 2.24) is 19.9 Å². The number of carbonyl (C=O) groups is 2. The van der Waals surface area contributed by atoms with E-state index in [2.05, 4.69) is 20.5 Å². The zero-order chi connectivity index (χ0) is 22.2. The molecule has 0 saturated carbocycles. The summed E-state index contributed by atoms with van der Waals surface area (Å²) < 4.78 is 12.5. The lowest BCUT2D eigenvalue weighted by atomic mass is 10.1. The summed E-state index contributed by atoms with van der Waals surface area (Å²) in [5.41, 5.74) is 7.34. The van der Waals surface area contributed by atoms with Crippen molar-refractivity contribution in [2.24, 2.45) is 5.73 Å². The summed E-state index contributed by atoms with van der Waals surface area (Å²) in [5, 5.41) is 10.8. The van der Waals surface area contributed by atoms with Crippen molar-refractivity contribution in [3.8, 4) is 0 Å². The summed E-state index contributed by atoms with van der Waals surface area (Å²) in [6.45, 7) is 6.58. The molecule has 3 rings (SSSR count). The summed E-state index contributed by atoms with van der Waals surface area (Å²) in [7, 11) is 0. The van der Waals surface area contributed by atoms with Crippen molar-refractivity contribution in [1.29, 1.82) is 0 Å². The molecular formula is C21H30N6O4. The van der Waals surface area contributed by atoms with Crippen LogP contribution in [0.3, 0.4) is 0 Å². The lowest BCUT2D eigenvalue weighted by Gasteiger charge is -2.22. The van der Waals surface area contributed by atoms with E-state index in [0.717, 1.165) is 24.9 Å². The van der Waals surface area contributed by atoms with E-state index in [-0.39, 0.29) is 23.6 Å². The van der Waals surface area contributed by atoms with E-state index >= 15 is 0 Å². The molecule has 0 bridgehead atoms. The van der Waals surface area contributed by atoms with Crippen molar-refractivity contribution in [2.75, 3.05) is 25.1 Å². The molecule has 0 radical (unpaired) electrons. The maximum Gasteiger partial charge on any atom is 0.277 e. The fourth-order valence-electron chi connectivity index (χ4n) is 3.68. The SMILES string of the molecule is CCOC(Cn1cc(C(=O)Nc2cccc(CN3CCCC3C(N)=O)c2)nn1)OCC. The fourth-order valence-corrected chi connectivity index (χ4v) is 3.68. The van der Waals surface area contributed by atoms with E-state index in [1.54, 1.807) is 6.20 Å². The van der Waals surface area contributed by atoms with E-state index < -0.39 is 6.29 Å². The summed E-state index contributed by atoms with van der Waals surface area (Å²) in [5.74, 6) is -0.648. The number of carbonyl (C=O) groups excluding carboxylic acids is 2. The maximum absolute atomic E-state index is 12.6.